The SMILES string of the molecule is Cc1cc(/C=C2\Sc3ccccc3N2CCCN2CCC(C)CC2)c2ccccc2[n+]1C. The number of rotatable bonds is 5. The summed E-state index contributed by atoms with van der Waals surface area (Å²) in [6.07, 6.45) is 6.31. The molecule has 0 atom stereocenters. The zero-order valence-electron chi connectivity index (χ0n) is 19.6. The fourth-order valence-corrected chi connectivity index (χ4v) is 6.12. The monoisotopic (exact) mass is 444 g/mol. The lowest BCUT2D eigenvalue weighted by molar-refractivity contribution is -0.651. The molecule has 2 aromatic carbocycles. The van der Waals surface area contributed by atoms with Crippen LogP contribution in [-0.2, 0) is 7.05 Å². The molecular formula is C28H34N3S+. The Balaban J connectivity index is 1.42. The summed E-state index contributed by atoms with van der Waals surface area (Å²) in [4.78, 5) is 6.57. The molecule has 1 saturated heterocycles. The number of nitrogens with zero attached hydrogens (tertiary/aromatic N) is 3. The summed E-state index contributed by atoms with van der Waals surface area (Å²) in [7, 11) is 2.16. The minimum atomic E-state index is 0.897. The fourth-order valence-electron chi connectivity index (χ4n) is 4.98. The van der Waals surface area contributed by atoms with Gasteiger partial charge in [0, 0.05) is 30.5 Å². The lowest BCUT2D eigenvalue weighted by Crippen LogP contribution is -2.35. The van der Waals surface area contributed by atoms with Gasteiger partial charge in [-0.05, 0) is 74.7 Å². The summed E-state index contributed by atoms with van der Waals surface area (Å²) in [5.41, 5.74) is 5.23. The molecule has 0 bridgehead atoms. The van der Waals surface area contributed by atoms with Gasteiger partial charge in [-0.3, -0.25) is 0 Å². The van der Waals surface area contributed by atoms with Gasteiger partial charge in [0.05, 0.1) is 16.1 Å². The lowest BCUT2D eigenvalue weighted by Gasteiger charge is -2.31. The number of aromatic nitrogens is 1. The van der Waals surface area contributed by atoms with Gasteiger partial charge in [-0.25, -0.2) is 0 Å². The Morgan fingerprint density at radius 2 is 1.78 bits per heavy atom. The molecule has 0 aliphatic carbocycles. The van der Waals surface area contributed by atoms with Crippen LogP contribution in [-0.4, -0.2) is 31.1 Å². The standard InChI is InChI=1S/C28H34N3S/c1-21-13-17-30(18-14-21)15-8-16-31-26-11-6-7-12-27(26)32-28(31)20-23-19-22(2)29(3)25-10-5-4-9-24(23)25/h4-7,9-12,19-21H,8,13-18H2,1-3H3/q+1. The first-order valence-corrected chi connectivity index (χ1v) is 12.8. The Morgan fingerprint density at radius 3 is 2.62 bits per heavy atom. The van der Waals surface area contributed by atoms with Gasteiger partial charge in [-0.15, -0.1) is 0 Å². The normalized spacial score (nSPS) is 18.6. The van der Waals surface area contributed by atoms with Crippen molar-refractivity contribution < 1.29 is 4.57 Å². The molecule has 0 N–H and O–H groups in total. The summed E-state index contributed by atoms with van der Waals surface area (Å²) in [5, 5.41) is 2.66. The van der Waals surface area contributed by atoms with Crippen LogP contribution in [0.25, 0.3) is 17.0 Å². The molecule has 0 radical (unpaired) electrons. The second-order valence-corrected chi connectivity index (χ2v) is 10.5. The van der Waals surface area contributed by atoms with Crippen LogP contribution in [0.15, 0.2) is 64.5 Å². The molecule has 2 aliphatic heterocycles. The Labute approximate surface area is 196 Å². The van der Waals surface area contributed by atoms with E-state index in [2.05, 4.69) is 95.9 Å². The van der Waals surface area contributed by atoms with Crippen molar-refractivity contribution in [2.45, 2.75) is 38.0 Å². The van der Waals surface area contributed by atoms with E-state index in [0.29, 0.717) is 0 Å². The van der Waals surface area contributed by atoms with E-state index in [1.807, 2.05) is 11.8 Å². The van der Waals surface area contributed by atoms with E-state index >= 15 is 0 Å². The second kappa shape index (κ2) is 9.29. The molecule has 166 valence electrons. The maximum Gasteiger partial charge on any atom is 0.213 e. The molecule has 4 heteroatoms. The number of anilines is 1. The van der Waals surface area contributed by atoms with E-state index in [9.17, 15) is 0 Å². The highest BCUT2D eigenvalue weighted by Gasteiger charge is 2.25. The van der Waals surface area contributed by atoms with Gasteiger partial charge in [0.1, 0.15) is 7.05 Å². The van der Waals surface area contributed by atoms with E-state index in [0.717, 1.165) is 12.5 Å². The number of para-hydroxylation sites is 2. The predicted octanol–water partition coefficient (Wildman–Crippen LogP) is 6.01. The molecule has 0 spiro atoms. The summed E-state index contributed by atoms with van der Waals surface area (Å²) < 4.78 is 2.28. The van der Waals surface area contributed by atoms with Crippen molar-refractivity contribution in [3.8, 4) is 0 Å². The molecule has 0 saturated carbocycles. The number of fused-ring (bicyclic) bond motifs is 2. The van der Waals surface area contributed by atoms with E-state index in [-0.39, 0.29) is 0 Å². The van der Waals surface area contributed by atoms with Crippen molar-refractivity contribution in [3.05, 3.63) is 70.9 Å². The van der Waals surface area contributed by atoms with Crippen molar-refractivity contribution in [2.24, 2.45) is 13.0 Å². The molecule has 3 heterocycles. The third-order valence-electron chi connectivity index (χ3n) is 7.12. The summed E-state index contributed by atoms with van der Waals surface area (Å²) in [6, 6.07) is 19.9. The molecule has 0 unspecified atom stereocenters. The van der Waals surface area contributed by atoms with Crippen molar-refractivity contribution in [2.75, 3.05) is 31.1 Å². The molecule has 0 amide bonds. The van der Waals surface area contributed by atoms with Crippen LogP contribution in [0.3, 0.4) is 0 Å². The highest BCUT2D eigenvalue weighted by molar-refractivity contribution is 8.03. The summed E-state index contributed by atoms with van der Waals surface area (Å²) in [6.45, 7) is 9.39. The van der Waals surface area contributed by atoms with Gasteiger partial charge in [0.2, 0.25) is 5.52 Å². The van der Waals surface area contributed by atoms with E-state index in [4.69, 9.17) is 0 Å². The van der Waals surface area contributed by atoms with Crippen LogP contribution >= 0.6 is 11.8 Å². The van der Waals surface area contributed by atoms with Crippen LogP contribution in [0, 0.1) is 12.8 Å². The Morgan fingerprint density at radius 1 is 1.03 bits per heavy atom. The minimum absolute atomic E-state index is 0.897. The average molecular weight is 445 g/mol. The lowest BCUT2D eigenvalue weighted by atomic mass is 9.99. The number of likely N-dealkylation sites (tertiary alicyclic amines) is 1. The van der Waals surface area contributed by atoms with E-state index in [1.165, 1.54) is 76.7 Å². The van der Waals surface area contributed by atoms with Crippen LogP contribution in [0.1, 0.15) is 37.4 Å². The highest BCUT2D eigenvalue weighted by atomic mass is 32.2. The van der Waals surface area contributed by atoms with Gasteiger partial charge < -0.3 is 9.80 Å². The second-order valence-electron chi connectivity index (χ2n) is 9.40. The molecule has 1 fully saturated rings. The van der Waals surface area contributed by atoms with Gasteiger partial charge in [0.25, 0.3) is 0 Å². The Hall–Kier alpha value is -2.30. The number of piperidine rings is 1. The smallest absolute Gasteiger partial charge is 0.213 e. The van der Waals surface area contributed by atoms with Gasteiger partial charge >= 0.3 is 0 Å². The van der Waals surface area contributed by atoms with Crippen molar-refractivity contribution in [1.29, 1.82) is 0 Å². The van der Waals surface area contributed by atoms with Crippen LogP contribution in [0.5, 0.6) is 0 Å². The molecule has 2 aliphatic rings. The molecule has 32 heavy (non-hydrogen) atoms. The number of hydrogen-bond acceptors (Lipinski definition) is 3. The van der Waals surface area contributed by atoms with Crippen molar-refractivity contribution in [3.63, 3.8) is 0 Å². The average Bonchev–Trinajstić information content (AvgIpc) is 3.16. The zero-order chi connectivity index (χ0) is 22.1. The maximum atomic E-state index is 2.66. The Kier molecular flexibility index (Phi) is 6.25. The van der Waals surface area contributed by atoms with Gasteiger partial charge in [-0.2, -0.15) is 4.57 Å². The molecule has 1 aromatic heterocycles. The minimum Gasteiger partial charge on any atom is -0.335 e. The third-order valence-corrected chi connectivity index (χ3v) is 8.23. The van der Waals surface area contributed by atoms with Gasteiger partial charge in [0.15, 0.2) is 5.69 Å². The zero-order valence-corrected chi connectivity index (χ0v) is 20.4. The van der Waals surface area contributed by atoms with Crippen molar-refractivity contribution in [1.82, 2.24) is 4.90 Å². The largest absolute Gasteiger partial charge is 0.335 e. The quantitative estimate of drug-likeness (QED) is 0.447. The van der Waals surface area contributed by atoms with Crippen LogP contribution in [0.4, 0.5) is 5.69 Å². The molecule has 5 rings (SSSR count). The number of pyridine rings is 1. The first-order valence-electron chi connectivity index (χ1n) is 12.0. The molecule has 3 nitrogen and oxygen atoms in total. The first kappa shape index (κ1) is 21.5. The van der Waals surface area contributed by atoms with Crippen molar-refractivity contribution >= 4 is 34.4 Å². The maximum absolute atomic E-state index is 2.66. The third kappa shape index (κ3) is 4.31. The topological polar surface area (TPSA) is 10.4 Å². The Bertz CT molecular complexity index is 1140. The summed E-state index contributed by atoms with van der Waals surface area (Å²) in [5.74, 6) is 0.897. The number of aryl methyl sites for hydroxylation is 2. The number of hydrogen-bond donors (Lipinski definition) is 0. The summed E-state index contributed by atoms with van der Waals surface area (Å²) >= 11 is 1.91. The fraction of sp³-hybridized carbons (Fsp3) is 0.393. The van der Waals surface area contributed by atoms with Crippen LogP contribution in [0.2, 0.25) is 0 Å². The van der Waals surface area contributed by atoms with Crippen LogP contribution < -0.4 is 9.47 Å². The van der Waals surface area contributed by atoms with Gasteiger partial charge in [-0.1, -0.05) is 43.0 Å². The van der Waals surface area contributed by atoms with E-state index in [1.54, 1.807) is 0 Å². The molecule has 3 aromatic rings. The predicted molar refractivity (Wildman–Crippen MR) is 137 cm³/mol. The first-order chi connectivity index (χ1) is 15.6. The number of benzene rings is 2. The number of thioether (sulfide) groups is 1. The highest BCUT2D eigenvalue weighted by Crippen LogP contribution is 2.46. The molecular weight excluding hydrogens is 410 g/mol. The van der Waals surface area contributed by atoms with E-state index < -0.39 is 0 Å².